The zero-order valence-corrected chi connectivity index (χ0v) is 20.4. The Morgan fingerprint density at radius 3 is 2.36 bits per heavy atom. The van der Waals surface area contributed by atoms with Crippen LogP contribution in [-0.4, -0.2) is 54.5 Å². The fourth-order valence-electron chi connectivity index (χ4n) is 3.94. The van der Waals surface area contributed by atoms with Crippen molar-refractivity contribution in [2.45, 2.75) is 58.5 Å². The van der Waals surface area contributed by atoms with Gasteiger partial charge in [0.15, 0.2) is 11.5 Å². The lowest BCUT2D eigenvalue weighted by atomic mass is 9.83. The van der Waals surface area contributed by atoms with Gasteiger partial charge in [0.1, 0.15) is 12.3 Å². The smallest absolute Gasteiger partial charge is 0.242 e. The van der Waals surface area contributed by atoms with Gasteiger partial charge in [-0.15, -0.1) is 0 Å². The molecule has 180 valence electrons. The van der Waals surface area contributed by atoms with Gasteiger partial charge >= 0.3 is 0 Å². The molecule has 0 spiro atoms. The van der Waals surface area contributed by atoms with E-state index in [9.17, 15) is 9.59 Å². The van der Waals surface area contributed by atoms with E-state index in [1.807, 2.05) is 51.1 Å². The lowest BCUT2D eigenvalue weighted by Crippen LogP contribution is -2.53. The summed E-state index contributed by atoms with van der Waals surface area (Å²) in [7, 11) is 3.21. The van der Waals surface area contributed by atoms with E-state index in [4.69, 9.17) is 13.9 Å². The van der Waals surface area contributed by atoms with Crippen molar-refractivity contribution in [1.82, 2.24) is 9.80 Å². The second-order valence-electron chi connectivity index (χ2n) is 9.56. The third-order valence-electron chi connectivity index (χ3n) is 6.22. The van der Waals surface area contributed by atoms with E-state index in [1.165, 1.54) is 0 Å². The Bertz CT molecular complexity index is 929. The summed E-state index contributed by atoms with van der Waals surface area (Å²) in [6.45, 7) is 6.86. The number of ether oxygens (including phenoxy) is 2. The molecule has 2 amide bonds. The molecule has 1 heterocycles. The van der Waals surface area contributed by atoms with Crippen LogP contribution in [0.5, 0.6) is 11.5 Å². The third-order valence-corrected chi connectivity index (χ3v) is 6.22. The standard InChI is InChI=1S/C26H36N2O5/c1-26(2,3)28(25(30)20-8-6-9-20)18-24(29)27(17-21-10-7-15-33-21)14-13-19-11-12-22(31-4)23(16-19)32-5/h7,10-12,15-16,20H,6,8-9,13-14,17-18H2,1-5H3. The quantitative estimate of drug-likeness (QED) is 0.533. The van der Waals surface area contributed by atoms with Crippen molar-refractivity contribution in [3.05, 3.63) is 47.9 Å². The first-order chi connectivity index (χ1) is 15.7. The van der Waals surface area contributed by atoms with Crippen LogP contribution in [0.1, 0.15) is 51.4 Å². The van der Waals surface area contributed by atoms with Crippen LogP contribution >= 0.6 is 0 Å². The Morgan fingerprint density at radius 2 is 1.82 bits per heavy atom. The lowest BCUT2D eigenvalue weighted by molar-refractivity contribution is -0.149. The third kappa shape index (κ3) is 6.30. The molecule has 2 aromatic rings. The monoisotopic (exact) mass is 456 g/mol. The van der Waals surface area contributed by atoms with Gasteiger partial charge in [0.2, 0.25) is 11.8 Å². The molecule has 0 saturated heterocycles. The van der Waals surface area contributed by atoms with Crippen LogP contribution < -0.4 is 9.47 Å². The number of rotatable bonds is 10. The topological polar surface area (TPSA) is 72.2 Å². The maximum atomic E-state index is 13.5. The maximum Gasteiger partial charge on any atom is 0.242 e. The predicted octanol–water partition coefficient (Wildman–Crippen LogP) is 4.30. The maximum absolute atomic E-state index is 13.5. The van der Waals surface area contributed by atoms with Gasteiger partial charge in [-0.05, 0) is 69.9 Å². The van der Waals surface area contributed by atoms with Crippen LogP contribution in [0.2, 0.25) is 0 Å². The SMILES string of the molecule is COc1ccc(CCN(Cc2ccco2)C(=O)CN(C(=O)C2CCC2)C(C)(C)C)cc1OC. The minimum Gasteiger partial charge on any atom is -0.493 e. The average molecular weight is 457 g/mol. The molecule has 0 radical (unpaired) electrons. The van der Waals surface area contributed by atoms with Crippen molar-refractivity contribution in [2.75, 3.05) is 27.3 Å². The summed E-state index contributed by atoms with van der Waals surface area (Å²) in [6.07, 6.45) is 5.15. The molecular weight excluding hydrogens is 420 g/mol. The minimum absolute atomic E-state index is 0.0438. The highest BCUT2D eigenvalue weighted by atomic mass is 16.5. The highest BCUT2D eigenvalue weighted by Crippen LogP contribution is 2.31. The molecule has 7 nitrogen and oxygen atoms in total. The van der Waals surface area contributed by atoms with Gasteiger partial charge in [0.25, 0.3) is 0 Å². The highest BCUT2D eigenvalue weighted by molar-refractivity contribution is 5.87. The molecule has 0 N–H and O–H groups in total. The van der Waals surface area contributed by atoms with Crippen LogP contribution in [0, 0.1) is 5.92 Å². The van der Waals surface area contributed by atoms with Crippen LogP contribution in [0.4, 0.5) is 0 Å². The fourth-order valence-corrected chi connectivity index (χ4v) is 3.94. The Kier molecular flexibility index (Phi) is 8.06. The number of carbonyl (C=O) groups is 2. The van der Waals surface area contributed by atoms with Gasteiger partial charge < -0.3 is 23.7 Å². The zero-order chi connectivity index (χ0) is 24.0. The molecule has 1 aromatic carbocycles. The summed E-state index contributed by atoms with van der Waals surface area (Å²) >= 11 is 0. The Balaban J connectivity index is 1.75. The normalized spacial score (nSPS) is 13.8. The van der Waals surface area contributed by atoms with Crippen LogP contribution in [0.15, 0.2) is 41.0 Å². The molecular formula is C26H36N2O5. The van der Waals surface area contributed by atoms with E-state index in [0.717, 1.165) is 24.8 Å². The molecule has 0 bridgehead atoms. The van der Waals surface area contributed by atoms with E-state index in [-0.39, 0.29) is 24.3 Å². The molecule has 1 fully saturated rings. The summed E-state index contributed by atoms with van der Waals surface area (Å²) < 4.78 is 16.2. The molecule has 0 atom stereocenters. The van der Waals surface area contributed by atoms with Gasteiger partial charge in [-0.25, -0.2) is 0 Å². The van der Waals surface area contributed by atoms with Crippen LogP contribution in [0.25, 0.3) is 0 Å². The molecule has 7 heteroatoms. The minimum atomic E-state index is -0.429. The molecule has 33 heavy (non-hydrogen) atoms. The largest absolute Gasteiger partial charge is 0.493 e. The molecule has 1 aliphatic rings. The predicted molar refractivity (Wildman–Crippen MR) is 126 cm³/mol. The highest BCUT2D eigenvalue weighted by Gasteiger charge is 2.36. The Morgan fingerprint density at radius 1 is 1.09 bits per heavy atom. The lowest BCUT2D eigenvalue weighted by Gasteiger charge is -2.40. The van der Waals surface area contributed by atoms with E-state index in [1.54, 1.807) is 30.3 Å². The Hall–Kier alpha value is -2.96. The van der Waals surface area contributed by atoms with Gasteiger partial charge in [0.05, 0.1) is 27.0 Å². The van der Waals surface area contributed by atoms with Crippen molar-refractivity contribution in [1.29, 1.82) is 0 Å². The number of hydrogen-bond donors (Lipinski definition) is 0. The molecule has 1 aliphatic carbocycles. The zero-order valence-electron chi connectivity index (χ0n) is 20.4. The number of hydrogen-bond acceptors (Lipinski definition) is 5. The number of amides is 2. The molecule has 1 saturated carbocycles. The van der Waals surface area contributed by atoms with Crippen LogP contribution in [-0.2, 0) is 22.6 Å². The first kappa shape index (κ1) is 24.7. The van der Waals surface area contributed by atoms with Crippen molar-refractivity contribution in [2.24, 2.45) is 5.92 Å². The van der Waals surface area contributed by atoms with E-state index in [2.05, 4.69) is 0 Å². The first-order valence-corrected chi connectivity index (χ1v) is 11.6. The Labute approximate surface area is 196 Å². The molecule has 1 aromatic heterocycles. The van der Waals surface area contributed by atoms with Crippen molar-refractivity contribution >= 4 is 11.8 Å². The number of furan rings is 1. The number of nitrogens with zero attached hydrogens (tertiary/aromatic N) is 2. The summed E-state index contributed by atoms with van der Waals surface area (Å²) in [5.74, 6) is 2.07. The summed E-state index contributed by atoms with van der Waals surface area (Å²) in [5.41, 5.74) is 0.602. The molecule has 3 rings (SSSR count). The fraction of sp³-hybridized carbons (Fsp3) is 0.538. The van der Waals surface area contributed by atoms with Crippen molar-refractivity contribution in [3.8, 4) is 11.5 Å². The van der Waals surface area contributed by atoms with E-state index >= 15 is 0 Å². The van der Waals surface area contributed by atoms with Crippen molar-refractivity contribution < 1.29 is 23.5 Å². The second kappa shape index (κ2) is 10.8. The number of methoxy groups -OCH3 is 2. The van der Waals surface area contributed by atoms with E-state index in [0.29, 0.717) is 36.8 Å². The van der Waals surface area contributed by atoms with Gasteiger partial charge in [-0.3, -0.25) is 9.59 Å². The second-order valence-corrected chi connectivity index (χ2v) is 9.56. The number of benzene rings is 1. The summed E-state index contributed by atoms with van der Waals surface area (Å²) in [5, 5.41) is 0. The van der Waals surface area contributed by atoms with Gasteiger partial charge in [-0.1, -0.05) is 12.5 Å². The van der Waals surface area contributed by atoms with Gasteiger partial charge in [0, 0.05) is 18.0 Å². The van der Waals surface area contributed by atoms with Crippen molar-refractivity contribution in [3.63, 3.8) is 0 Å². The molecule has 0 unspecified atom stereocenters. The average Bonchev–Trinajstić information content (AvgIpc) is 3.25. The van der Waals surface area contributed by atoms with Gasteiger partial charge in [-0.2, -0.15) is 0 Å². The van der Waals surface area contributed by atoms with Crippen LogP contribution in [0.3, 0.4) is 0 Å². The van der Waals surface area contributed by atoms with E-state index < -0.39 is 5.54 Å². The summed E-state index contributed by atoms with van der Waals surface area (Å²) in [6, 6.07) is 9.44. The summed E-state index contributed by atoms with van der Waals surface area (Å²) in [4.78, 5) is 30.0. The molecule has 0 aliphatic heterocycles. The first-order valence-electron chi connectivity index (χ1n) is 11.6. The number of carbonyl (C=O) groups excluding carboxylic acids is 2.